The number of hydrogen-bond acceptors (Lipinski definition) is 5. The Balaban J connectivity index is 2.07. The summed E-state index contributed by atoms with van der Waals surface area (Å²) >= 11 is 6.01. The van der Waals surface area contributed by atoms with Crippen LogP contribution in [0.3, 0.4) is 0 Å². The van der Waals surface area contributed by atoms with Crippen LogP contribution in [0.25, 0.3) is 0 Å². The van der Waals surface area contributed by atoms with Crippen molar-refractivity contribution in [2.24, 2.45) is 0 Å². The predicted molar refractivity (Wildman–Crippen MR) is 113 cm³/mol. The quantitative estimate of drug-likeness (QED) is 0.648. The smallest absolute Gasteiger partial charge is 0.319 e. The van der Waals surface area contributed by atoms with Gasteiger partial charge in [-0.1, -0.05) is 17.7 Å². The summed E-state index contributed by atoms with van der Waals surface area (Å²) in [6, 6.07) is 8.90. The molecule has 3 rings (SSSR count). The Labute approximate surface area is 179 Å². The molecular formula is C21H22ClN3O5. The van der Waals surface area contributed by atoms with Gasteiger partial charge in [-0.25, -0.2) is 4.79 Å². The summed E-state index contributed by atoms with van der Waals surface area (Å²) in [5.74, 6) is 0.933. The van der Waals surface area contributed by atoms with Gasteiger partial charge in [0.05, 0.1) is 32.9 Å². The van der Waals surface area contributed by atoms with Crippen molar-refractivity contribution in [3.63, 3.8) is 0 Å². The maximum Gasteiger partial charge on any atom is 0.319 e. The lowest BCUT2D eigenvalue weighted by Gasteiger charge is -2.30. The van der Waals surface area contributed by atoms with Crippen molar-refractivity contribution in [1.29, 1.82) is 0 Å². The Morgan fingerprint density at radius 3 is 2.33 bits per heavy atom. The Kier molecular flexibility index (Phi) is 6.37. The minimum atomic E-state index is -0.785. The highest BCUT2D eigenvalue weighted by molar-refractivity contribution is 6.31. The van der Waals surface area contributed by atoms with Crippen LogP contribution in [0.5, 0.6) is 17.2 Å². The lowest BCUT2D eigenvalue weighted by molar-refractivity contribution is -0.113. The van der Waals surface area contributed by atoms with Gasteiger partial charge in [-0.05, 0) is 31.2 Å². The van der Waals surface area contributed by atoms with Crippen molar-refractivity contribution in [2.45, 2.75) is 13.0 Å². The molecule has 2 aromatic carbocycles. The van der Waals surface area contributed by atoms with Crippen molar-refractivity contribution in [3.8, 4) is 17.2 Å². The molecule has 8 nitrogen and oxygen atoms in total. The lowest BCUT2D eigenvalue weighted by atomic mass is 9.93. The molecule has 2 aromatic rings. The maximum atomic E-state index is 13.2. The predicted octanol–water partition coefficient (Wildman–Crippen LogP) is 3.63. The number of ether oxygens (including phenoxy) is 3. The van der Waals surface area contributed by atoms with Gasteiger partial charge in [0.2, 0.25) is 0 Å². The number of allylic oxidation sites excluding steroid dienone is 1. The average Bonchev–Trinajstić information content (AvgIpc) is 2.71. The van der Waals surface area contributed by atoms with Crippen LogP contribution in [-0.4, -0.2) is 33.3 Å². The number of halogens is 1. The molecule has 1 aliphatic heterocycles. The number of carbonyl (C=O) groups excluding carboxylic acids is 2. The number of benzene rings is 2. The normalized spacial score (nSPS) is 15.8. The van der Waals surface area contributed by atoms with E-state index in [9.17, 15) is 9.59 Å². The summed E-state index contributed by atoms with van der Waals surface area (Å²) < 4.78 is 16.2. The molecule has 3 amide bonds. The molecule has 0 radical (unpaired) electrons. The van der Waals surface area contributed by atoms with Crippen molar-refractivity contribution in [2.75, 3.05) is 26.6 Å². The summed E-state index contributed by atoms with van der Waals surface area (Å²) in [6.07, 6.45) is 0. The van der Waals surface area contributed by atoms with Crippen molar-refractivity contribution < 1.29 is 23.8 Å². The minimum Gasteiger partial charge on any atom is -0.496 e. The minimum absolute atomic E-state index is 0.320. The molecule has 1 atom stereocenters. The standard InChI is InChI=1S/C21H22ClN3O5/c1-11-18(20(26)24-13-7-5-6-12(22)8-13)19(25-21(27)23-11)14-9-16(29-3)17(30-4)10-15(14)28-2/h5-10,19H,1-4H3,(H,24,26)(H2,23,25,27)/t19-/m0/s1. The van der Waals surface area contributed by atoms with Crippen LogP contribution in [0.15, 0.2) is 47.7 Å². The molecule has 0 aliphatic carbocycles. The largest absolute Gasteiger partial charge is 0.496 e. The van der Waals surface area contributed by atoms with E-state index in [0.29, 0.717) is 44.8 Å². The third-order valence-electron chi connectivity index (χ3n) is 4.64. The Morgan fingerprint density at radius 2 is 1.70 bits per heavy atom. The zero-order valence-corrected chi connectivity index (χ0v) is 17.7. The van der Waals surface area contributed by atoms with Crippen LogP contribution in [-0.2, 0) is 4.79 Å². The number of methoxy groups -OCH3 is 3. The molecule has 30 heavy (non-hydrogen) atoms. The number of urea groups is 1. The van der Waals surface area contributed by atoms with E-state index < -0.39 is 18.0 Å². The van der Waals surface area contributed by atoms with Crippen molar-refractivity contribution >= 4 is 29.2 Å². The molecular weight excluding hydrogens is 410 g/mol. The van der Waals surface area contributed by atoms with Crippen LogP contribution in [0.1, 0.15) is 18.5 Å². The van der Waals surface area contributed by atoms with Crippen LogP contribution in [0.2, 0.25) is 5.02 Å². The fourth-order valence-corrected chi connectivity index (χ4v) is 3.46. The number of carbonyl (C=O) groups is 2. The SMILES string of the molecule is COc1cc(OC)c([C@@H]2NC(=O)NC(C)=C2C(=O)Nc2cccc(Cl)c2)cc1OC. The van der Waals surface area contributed by atoms with E-state index in [2.05, 4.69) is 16.0 Å². The van der Waals surface area contributed by atoms with E-state index >= 15 is 0 Å². The fraction of sp³-hybridized carbons (Fsp3) is 0.238. The van der Waals surface area contributed by atoms with Gasteiger partial charge >= 0.3 is 6.03 Å². The van der Waals surface area contributed by atoms with Gasteiger partial charge in [-0.3, -0.25) is 4.79 Å². The summed E-state index contributed by atoms with van der Waals surface area (Å²) in [6.45, 7) is 1.66. The Morgan fingerprint density at radius 1 is 1.03 bits per heavy atom. The summed E-state index contributed by atoms with van der Waals surface area (Å²) in [5.41, 5.74) is 1.81. The molecule has 158 valence electrons. The highest BCUT2D eigenvalue weighted by Gasteiger charge is 2.34. The van der Waals surface area contributed by atoms with E-state index in [1.807, 2.05) is 0 Å². The molecule has 1 heterocycles. The third kappa shape index (κ3) is 4.28. The van der Waals surface area contributed by atoms with E-state index in [-0.39, 0.29) is 0 Å². The van der Waals surface area contributed by atoms with Crippen molar-refractivity contribution in [3.05, 3.63) is 58.3 Å². The van der Waals surface area contributed by atoms with E-state index in [4.69, 9.17) is 25.8 Å². The molecule has 0 saturated carbocycles. The molecule has 1 aliphatic rings. The number of amides is 3. The highest BCUT2D eigenvalue weighted by Crippen LogP contribution is 2.40. The zero-order chi connectivity index (χ0) is 21.8. The summed E-state index contributed by atoms with van der Waals surface area (Å²) in [4.78, 5) is 25.4. The van der Waals surface area contributed by atoms with Crippen LogP contribution >= 0.6 is 11.6 Å². The first-order chi connectivity index (χ1) is 14.4. The van der Waals surface area contributed by atoms with Gasteiger partial charge in [0.25, 0.3) is 5.91 Å². The highest BCUT2D eigenvalue weighted by atomic mass is 35.5. The first-order valence-corrected chi connectivity index (χ1v) is 9.40. The van der Waals surface area contributed by atoms with Gasteiger partial charge in [0.1, 0.15) is 5.75 Å². The second kappa shape index (κ2) is 8.96. The Hall–Kier alpha value is -3.39. The number of nitrogens with one attached hydrogen (secondary N) is 3. The zero-order valence-electron chi connectivity index (χ0n) is 17.0. The van der Waals surface area contributed by atoms with E-state index in [1.54, 1.807) is 43.3 Å². The summed E-state index contributed by atoms with van der Waals surface area (Å²) in [5, 5.41) is 8.73. The first kappa shape index (κ1) is 21.3. The molecule has 0 bridgehead atoms. The average molecular weight is 432 g/mol. The van der Waals surface area contributed by atoms with Gasteiger partial charge in [-0.2, -0.15) is 0 Å². The topological polar surface area (TPSA) is 97.9 Å². The second-order valence-electron chi connectivity index (χ2n) is 6.48. The monoisotopic (exact) mass is 431 g/mol. The van der Waals surface area contributed by atoms with Crippen LogP contribution in [0, 0.1) is 0 Å². The molecule has 0 spiro atoms. The molecule has 9 heteroatoms. The number of anilines is 1. The molecule has 0 unspecified atom stereocenters. The van der Waals surface area contributed by atoms with E-state index in [1.165, 1.54) is 21.3 Å². The second-order valence-corrected chi connectivity index (χ2v) is 6.92. The summed E-state index contributed by atoms with van der Waals surface area (Å²) in [7, 11) is 4.51. The maximum absolute atomic E-state index is 13.2. The van der Waals surface area contributed by atoms with Gasteiger partial charge in [-0.15, -0.1) is 0 Å². The molecule has 0 fully saturated rings. The first-order valence-electron chi connectivity index (χ1n) is 9.03. The van der Waals surface area contributed by atoms with Gasteiger partial charge in [0.15, 0.2) is 11.5 Å². The lowest BCUT2D eigenvalue weighted by Crippen LogP contribution is -2.46. The third-order valence-corrected chi connectivity index (χ3v) is 4.88. The fourth-order valence-electron chi connectivity index (χ4n) is 3.27. The Bertz CT molecular complexity index is 1020. The van der Waals surface area contributed by atoms with Gasteiger partial charge < -0.3 is 30.2 Å². The van der Waals surface area contributed by atoms with Gasteiger partial charge in [0, 0.05) is 28.0 Å². The number of rotatable bonds is 6. The molecule has 3 N–H and O–H groups in total. The molecule has 0 aromatic heterocycles. The van der Waals surface area contributed by atoms with Crippen molar-refractivity contribution in [1.82, 2.24) is 10.6 Å². The number of hydrogen-bond donors (Lipinski definition) is 3. The van der Waals surface area contributed by atoms with E-state index in [0.717, 1.165) is 0 Å². The molecule has 0 saturated heterocycles. The van der Waals surface area contributed by atoms with Crippen LogP contribution in [0.4, 0.5) is 10.5 Å². The van der Waals surface area contributed by atoms with Crippen LogP contribution < -0.4 is 30.2 Å².